The summed E-state index contributed by atoms with van der Waals surface area (Å²) in [5.74, 6) is 2.76. The molecule has 0 aliphatic heterocycles. The highest BCUT2D eigenvalue weighted by atomic mass is 16.5. The van der Waals surface area contributed by atoms with Crippen LogP contribution in [0.15, 0.2) is 0 Å². The summed E-state index contributed by atoms with van der Waals surface area (Å²) >= 11 is 0. The van der Waals surface area contributed by atoms with Crippen molar-refractivity contribution in [3.8, 4) is 12.0 Å². The second kappa shape index (κ2) is 5.79. The van der Waals surface area contributed by atoms with Crippen molar-refractivity contribution in [2.75, 3.05) is 0 Å². The number of carbonyl (C=O) groups excluding carboxylic acids is 1. The predicted molar refractivity (Wildman–Crippen MR) is 43.6 cm³/mol. The lowest BCUT2D eigenvalue weighted by Gasteiger charge is -1.91. The zero-order chi connectivity index (χ0) is 8.69. The Morgan fingerprint density at radius 1 is 1.55 bits per heavy atom. The van der Waals surface area contributed by atoms with Gasteiger partial charge in [0.25, 0.3) is 0 Å². The first-order chi connectivity index (χ1) is 5.16. The van der Waals surface area contributed by atoms with Crippen LogP contribution in [-0.2, 0) is 9.53 Å². The predicted octanol–water partition coefficient (Wildman–Crippen LogP) is 1.95. The molecule has 11 heavy (non-hydrogen) atoms. The van der Waals surface area contributed by atoms with Gasteiger partial charge in [-0.15, -0.1) is 0 Å². The molecule has 0 heterocycles. The Morgan fingerprint density at radius 2 is 2.18 bits per heavy atom. The molecule has 0 aliphatic rings. The van der Waals surface area contributed by atoms with Crippen LogP contribution in [-0.4, -0.2) is 5.97 Å². The Kier molecular flexibility index (Phi) is 5.28. The zero-order valence-corrected chi connectivity index (χ0v) is 7.31. The average molecular weight is 154 g/mol. The van der Waals surface area contributed by atoms with Crippen molar-refractivity contribution in [1.29, 1.82) is 0 Å². The van der Waals surface area contributed by atoms with Gasteiger partial charge in [0.15, 0.2) is 0 Å². The molecule has 0 aromatic carbocycles. The molecule has 0 saturated heterocycles. The highest BCUT2D eigenvalue weighted by molar-refractivity contribution is 5.70. The molecule has 0 aromatic heterocycles. The molecule has 0 unspecified atom stereocenters. The average Bonchev–Trinajstić information content (AvgIpc) is 1.87. The van der Waals surface area contributed by atoms with Crippen LogP contribution in [0.5, 0.6) is 0 Å². The van der Waals surface area contributed by atoms with Crippen LogP contribution in [0, 0.1) is 17.9 Å². The number of rotatable bonds is 2. The van der Waals surface area contributed by atoms with Crippen molar-refractivity contribution < 1.29 is 9.53 Å². The number of carbonyl (C=O) groups is 1. The lowest BCUT2D eigenvalue weighted by Crippen LogP contribution is -1.98. The van der Waals surface area contributed by atoms with E-state index >= 15 is 0 Å². The van der Waals surface area contributed by atoms with Crippen molar-refractivity contribution >= 4 is 5.97 Å². The van der Waals surface area contributed by atoms with Gasteiger partial charge in [0, 0.05) is 12.3 Å². The summed E-state index contributed by atoms with van der Waals surface area (Å²) < 4.78 is 4.59. The SMILES string of the molecule is CCCC(=O)OC#CC(C)C. The van der Waals surface area contributed by atoms with Gasteiger partial charge in [-0.2, -0.15) is 0 Å². The molecular formula is C9H14O2. The number of esters is 1. The van der Waals surface area contributed by atoms with E-state index in [0.717, 1.165) is 6.42 Å². The van der Waals surface area contributed by atoms with E-state index in [1.807, 2.05) is 20.8 Å². The van der Waals surface area contributed by atoms with Gasteiger partial charge in [0.1, 0.15) is 6.11 Å². The van der Waals surface area contributed by atoms with E-state index in [9.17, 15) is 4.79 Å². The van der Waals surface area contributed by atoms with Crippen LogP contribution < -0.4 is 0 Å². The number of ether oxygens (including phenoxy) is 1. The highest BCUT2D eigenvalue weighted by Gasteiger charge is 1.96. The molecule has 0 bridgehead atoms. The summed E-state index contributed by atoms with van der Waals surface area (Å²) in [6, 6.07) is 0. The fraction of sp³-hybridized carbons (Fsp3) is 0.667. The quantitative estimate of drug-likeness (QED) is 0.449. The lowest BCUT2D eigenvalue weighted by molar-refractivity contribution is -0.136. The van der Waals surface area contributed by atoms with Crippen molar-refractivity contribution in [3.63, 3.8) is 0 Å². The van der Waals surface area contributed by atoms with Gasteiger partial charge in [-0.3, -0.25) is 4.79 Å². The second-order valence-corrected chi connectivity index (χ2v) is 2.63. The fourth-order valence-electron chi connectivity index (χ4n) is 0.459. The Hall–Kier alpha value is -0.970. The van der Waals surface area contributed by atoms with Crippen molar-refractivity contribution in [3.05, 3.63) is 0 Å². The number of hydrogen-bond donors (Lipinski definition) is 0. The third-order valence-electron chi connectivity index (χ3n) is 0.967. The van der Waals surface area contributed by atoms with E-state index in [1.54, 1.807) is 0 Å². The van der Waals surface area contributed by atoms with Crippen molar-refractivity contribution in [2.24, 2.45) is 5.92 Å². The Bertz CT molecular complexity index is 172. The maximum absolute atomic E-state index is 10.7. The van der Waals surface area contributed by atoms with Crippen molar-refractivity contribution in [2.45, 2.75) is 33.6 Å². The van der Waals surface area contributed by atoms with E-state index < -0.39 is 0 Å². The van der Waals surface area contributed by atoms with Gasteiger partial charge < -0.3 is 4.74 Å². The molecule has 0 N–H and O–H groups in total. The van der Waals surface area contributed by atoms with E-state index in [-0.39, 0.29) is 11.9 Å². The summed E-state index contributed by atoms with van der Waals surface area (Å²) in [5.41, 5.74) is 0. The molecule has 0 fully saturated rings. The van der Waals surface area contributed by atoms with Crippen LogP contribution in [0.2, 0.25) is 0 Å². The minimum Gasteiger partial charge on any atom is -0.372 e. The van der Waals surface area contributed by atoms with E-state index in [1.165, 1.54) is 0 Å². The zero-order valence-electron chi connectivity index (χ0n) is 7.31. The molecule has 0 radical (unpaired) electrons. The van der Waals surface area contributed by atoms with Gasteiger partial charge in [-0.05, 0) is 6.42 Å². The molecule has 0 amide bonds. The summed E-state index contributed by atoms with van der Waals surface area (Å²) in [4.78, 5) is 10.7. The van der Waals surface area contributed by atoms with Crippen LogP contribution in [0.4, 0.5) is 0 Å². The molecule has 0 rings (SSSR count). The van der Waals surface area contributed by atoms with Crippen LogP contribution in [0.25, 0.3) is 0 Å². The van der Waals surface area contributed by atoms with Crippen LogP contribution >= 0.6 is 0 Å². The molecule has 62 valence electrons. The van der Waals surface area contributed by atoms with Gasteiger partial charge >= 0.3 is 5.97 Å². The molecule has 0 atom stereocenters. The Balaban J connectivity index is 3.55. The maximum Gasteiger partial charge on any atom is 0.319 e. The smallest absolute Gasteiger partial charge is 0.319 e. The molecule has 0 aliphatic carbocycles. The van der Waals surface area contributed by atoms with Gasteiger partial charge in [0.2, 0.25) is 0 Å². The first kappa shape index (κ1) is 10.0. The molecule has 2 nitrogen and oxygen atoms in total. The summed E-state index contributed by atoms with van der Waals surface area (Å²) in [5, 5.41) is 0. The maximum atomic E-state index is 10.7. The largest absolute Gasteiger partial charge is 0.372 e. The third kappa shape index (κ3) is 6.92. The number of hydrogen-bond acceptors (Lipinski definition) is 2. The van der Waals surface area contributed by atoms with Crippen LogP contribution in [0.1, 0.15) is 33.6 Å². The monoisotopic (exact) mass is 154 g/mol. The van der Waals surface area contributed by atoms with Crippen molar-refractivity contribution in [1.82, 2.24) is 0 Å². The van der Waals surface area contributed by atoms with Gasteiger partial charge in [-0.1, -0.05) is 26.7 Å². The highest BCUT2D eigenvalue weighted by Crippen LogP contribution is 1.90. The van der Waals surface area contributed by atoms with Gasteiger partial charge in [0.05, 0.1) is 0 Å². The summed E-state index contributed by atoms with van der Waals surface area (Å²) in [6.45, 7) is 5.82. The van der Waals surface area contributed by atoms with E-state index in [2.05, 4.69) is 16.8 Å². The Morgan fingerprint density at radius 3 is 2.64 bits per heavy atom. The van der Waals surface area contributed by atoms with E-state index in [4.69, 9.17) is 0 Å². The van der Waals surface area contributed by atoms with Crippen LogP contribution in [0.3, 0.4) is 0 Å². The minimum atomic E-state index is -0.236. The first-order valence-corrected chi connectivity index (χ1v) is 3.87. The third-order valence-corrected chi connectivity index (χ3v) is 0.967. The summed E-state index contributed by atoms with van der Waals surface area (Å²) in [6.07, 6.45) is 3.63. The van der Waals surface area contributed by atoms with Gasteiger partial charge in [-0.25, -0.2) is 0 Å². The minimum absolute atomic E-state index is 0.236. The standard InChI is InChI=1S/C9H14O2/c1-4-5-9(10)11-7-6-8(2)3/h8H,4-5H2,1-3H3. The lowest BCUT2D eigenvalue weighted by atomic mass is 10.2. The molecule has 0 aromatic rings. The summed E-state index contributed by atoms with van der Waals surface area (Å²) in [7, 11) is 0. The molecule has 0 spiro atoms. The van der Waals surface area contributed by atoms with E-state index in [0.29, 0.717) is 6.42 Å². The fourth-order valence-corrected chi connectivity index (χ4v) is 0.459. The molecule has 2 heteroatoms. The molecule has 0 saturated carbocycles. The topological polar surface area (TPSA) is 26.3 Å². The second-order valence-electron chi connectivity index (χ2n) is 2.63. The first-order valence-electron chi connectivity index (χ1n) is 3.87. The molecular weight excluding hydrogens is 140 g/mol. The normalized spacial score (nSPS) is 8.73. The Labute approximate surface area is 67.9 Å².